The van der Waals surface area contributed by atoms with Crippen LogP contribution in [-0.2, 0) is 0 Å². The molecule has 0 unspecified atom stereocenters. The maximum Gasteiger partial charge on any atom is 0.492 e. The second-order valence-corrected chi connectivity index (χ2v) is 4.23. The van der Waals surface area contributed by atoms with Crippen LogP contribution in [0.3, 0.4) is 0 Å². The van der Waals surface area contributed by atoms with Gasteiger partial charge in [-0.2, -0.15) is 0 Å². The number of benzene rings is 1. The van der Waals surface area contributed by atoms with Crippen LogP contribution in [0.1, 0.15) is 0 Å². The topological polar surface area (TPSA) is 40.5 Å². The van der Waals surface area contributed by atoms with Crippen LogP contribution in [0.4, 0.5) is 4.39 Å². The second kappa shape index (κ2) is 3.54. The molecule has 0 spiro atoms. The highest BCUT2D eigenvalue weighted by Gasteiger charge is 2.21. The van der Waals surface area contributed by atoms with Gasteiger partial charge in [0.1, 0.15) is 5.82 Å². The fourth-order valence-electron chi connectivity index (χ4n) is 1.34. The van der Waals surface area contributed by atoms with Crippen molar-refractivity contribution in [3.8, 4) is 0 Å². The second-order valence-electron chi connectivity index (χ2n) is 2.83. The third kappa shape index (κ3) is 1.44. The Balaban J connectivity index is 2.86. The molecule has 0 aliphatic rings. The lowest BCUT2D eigenvalue weighted by Crippen LogP contribution is -2.33. The maximum absolute atomic E-state index is 13.3. The van der Waals surface area contributed by atoms with Gasteiger partial charge >= 0.3 is 7.12 Å². The van der Waals surface area contributed by atoms with Crippen LogP contribution >= 0.6 is 24.0 Å². The van der Waals surface area contributed by atoms with Crippen molar-refractivity contribution in [2.24, 2.45) is 0 Å². The monoisotopic (exact) mass is 228 g/mol. The van der Waals surface area contributed by atoms with Crippen LogP contribution in [0.2, 0.25) is 0 Å². The van der Waals surface area contributed by atoms with Gasteiger partial charge in [0.05, 0.1) is 0 Å². The van der Waals surface area contributed by atoms with E-state index in [-0.39, 0.29) is 5.46 Å². The van der Waals surface area contributed by atoms with Gasteiger partial charge in [0.15, 0.2) is 0 Å². The lowest BCUT2D eigenvalue weighted by molar-refractivity contribution is 0.423. The number of halogens is 1. The molecule has 1 aromatic carbocycles. The van der Waals surface area contributed by atoms with Crippen molar-refractivity contribution in [3.05, 3.63) is 23.3 Å². The number of hydrogen-bond donors (Lipinski definition) is 3. The molecule has 0 saturated carbocycles. The Bertz CT molecular complexity index is 483. The van der Waals surface area contributed by atoms with Gasteiger partial charge in [-0.25, -0.2) is 4.39 Å². The summed E-state index contributed by atoms with van der Waals surface area (Å²) in [7, 11) is -1.79. The predicted molar refractivity (Wildman–Crippen MR) is 58.9 cm³/mol. The van der Waals surface area contributed by atoms with Crippen molar-refractivity contribution >= 4 is 46.6 Å². The number of fused-ring (bicyclic) bond motifs is 1. The molecule has 0 aliphatic carbocycles. The molecule has 14 heavy (non-hydrogen) atoms. The van der Waals surface area contributed by atoms with E-state index in [1.165, 1.54) is 17.4 Å². The van der Waals surface area contributed by atoms with Crippen molar-refractivity contribution in [3.63, 3.8) is 0 Å². The molecule has 72 valence electrons. The van der Waals surface area contributed by atoms with Gasteiger partial charge in [0.25, 0.3) is 0 Å². The summed E-state index contributed by atoms with van der Waals surface area (Å²) in [6, 6.07) is 2.96. The van der Waals surface area contributed by atoms with Gasteiger partial charge in [0, 0.05) is 20.4 Å². The highest BCUT2D eigenvalue weighted by atomic mass is 32.1. The first-order valence-electron chi connectivity index (χ1n) is 3.86. The summed E-state index contributed by atoms with van der Waals surface area (Å²) < 4.78 is 13.9. The van der Waals surface area contributed by atoms with Crippen molar-refractivity contribution in [1.29, 1.82) is 0 Å². The molecule has 0 bridgehead atoms. The maximum atomic E-state index is 13.3. The SMILES string of the molecule is OB(O)c1c(F)cc(S)c2ccsc12. The molecule has 1 aromatic heterocycles. The summed E-state index contributed by atoms with van der Waals surface area (Å²) in [4.78, 5) is 0.503. The molecule has 0 fully saturated rings. The molecule has 0 atom stereocenters. The van der Waals surface area contributed by atoms with E-state index in [1.54, 1.807) is 11.4 Å². The zero-order valence-corrected chi connectivity index (χ0v) is 8.65. The summed E-state index contributed by atoms with van der Waals surface area (Å²) >= 11 is 5.37. The minimum absolute atomic E-state index is 0.0761. The number of thiophene rings is 1. The van der Waals surface area contributed by atoms with E-state index < -0.39 is 12.9 Å². The van der Waals surface area contributed by atoms with Crippen LogP contribution < -0.4 is 5.46 Å². The first-order chi connectivity index (χ1) is 6.61. The lowest BCUT2D eigenvalue weighted by Gasteiger charge is -2.05. The summed E-state index contributed by atoms with van der Waals surface area (Å²) in [5.41, 5.74) is -0.0761. The lowest BCUT2D eigenvalue weighted by atomic mass is 9.79. The molecule has 0 amide bonds. The molecular weight excluding hydrogens is 222 g/mol. The first kappa shape index (κ1) is 9.98. The smallest absolute Gasteiger partial charge is 0.423 e. The van der Waals surface area contributed by atoms with Crippen molar-refractivity contribution < 1.29 is 14.4 Å². The molecule has 0 aliphatic heterocycles. The number of rotatable bonds is 1. The molecule has 6 heteroatoms. The number of thiol groups is 1. The third-order valence-corrected chi connectivity index (χ3v) is 3.28. The van der Waals surface area contributed by atoms with Crippen LogP contribution in [0.15, 0.2) is 22.4 Å². The van der Waals surface area contributed by atoms with Gasteiger partial charge < -0.3 is 10.0 Å². The molecule has 0 radical (unpaired) electrons. The van der Waals surface area contributed by atoms with Gasteiger partial charge in [0.2, 0.25) is 0 Å². The molecule has 2 aromatic rings. The van der Waals surface area contributed by atoms with Crippen LogP contribution in [-0.4, -0.2) is 17.2 Å². The van der Waals surface area contributed by atoms with Gasteiger partial charge in [-0.3, -0.25) is 0 Å². The van der Waals surface area contributed by atoms with Crippen molar-refractivity contribution in [1.82, 2.24) is 0 Å². The van der Waals surface area contributed by atoms with E-state index in [4.69, 9.17) is 10.0 Å². The Morgan fingerprint density at radius 3 is 2.79 bits per heavy atom. The Hall–Kier alpha value is -0.555. The summed E-state index contributed by atoms with van der Waals surface area (Å²) in [6.45, 7) is 0. The Kier molecular flexibility index (Phi) is 2.53. The van der Waals surface area contributed by atoms with E-state index in [0.29, 0.717) is 9.60 Å². The van der Waals surface area contributed by atoms with E-state index in [1.807, 2.05) is 0 Å². The number of hydrogen-bond acceptors (Lipinski definition) is 4. The van der Waals surface area contributed by atoms with Crippen LogP contribution in [0.5, 0.6) is 0 Å². The first-order valence-corrected chi connectivity index (χ1v) is 5.18. The summed E-state index contributed by atoms with van der Waals surface area (Å²) in [5, 5.41) is 20.5. The normalized spacial score (nSPS) is 10.9. The fourth-order valence-corrected chi connectivity index (χ4v) is 2.69. The minimum atomic E-state index is -1.79. The molecule has 0 saturated heterocycles. The van der Waals surface area contributed by atoms with E-state index in [0.717, 1.165) is 5.39 Å². The Labute approximate surface area is 89.6 Å². The standard InChI is InChI=1S/C8H6BFO2S2/c10-5-3-6(13)4-1-2-14-8(4)7(5)9(11)12/h1-3,11-13H. The van der Waals surface area contributed by atoms with Crippen LogP contribution in [0.25, 0.3) is 10.1 Å². The zero-order chi connectivity index (χ0) is 10.3. The molecular formula is C8H6BFO2S2. The largest absolute Gasteiger partial charge is 0.492 e. The van der Waals surface area contributed by atoms with Crippen molar-refractivity contribution in [2.45, 2.75) is 4.90 Å². The molecule has 2 nitrogen and oxygen atoms in total. The van der Waals surface area contributed by atoms with Gasteiger partial charge in [-0.15, -0.1) is 24.0 Å². The Morgan fingerprint density at radius 2 is 2.14 bits per heavy atom. The molecule has 1 heterocycles. The highest BCUT2D eigenvalue weighted by Crippen LogP contribution is 2.26. The molecule has 2 N–H and O–H groups in total. The van der Waals surface area contributed by atoms with E-state index in [9.17, 15) is 4.39 Å². The Morgan fingerprint density at radius 1 is 1.43 bits per heavy atom. The summed E-state index contributed by atoms with van der Waals surface area (Å²) in [5.74, 6) is -0.639. The average molecular weight is 228 g/mol. The predicted octanol–water partition coefficient (Wildman–Crippen LogP) is 1.01. The summed E-state index contributed by atoms with van der Waals surface area (Å²) in [6.07, 6.45) is 0. The molecule has 2 rings (SSSR count). The zero-order valence-electron chi connectivity index (χ0n) is 6.94. The van der Waals surface area contributed by atoms with Crippen molar-refractivity contribution in [2.75, 3.05) is 0 Å². The highest BCUT2D eigenvalue weighted by molar-refractivity contribution is 7.80. The van der Waals surface area contributed by atoms with E-state index in [2.05, 4.69) is 12.6 Å². The average Bonchev–Trinajstić information content (AvgIpc) is 2.51. The third-order valence-electron chi connectivity index (χ3n) is 1.96. The fraction of sp³-hybridized carbons (Fsp3) is 0. The van der Waals surface area contributed by atoms with E-state index >= 15 is 0 Å². The van der Waals surface area contributed by atoms with Gasteiger partial charge in [-0.05, 0) is 17.5 Å². The minimum Gasteiger partial charge on any atom is -0.423 e. The quantitative estimate of drug-likeness (QED) is 0.503. The van der Waals surface area contributed by atoms with Crippen LogP contribution in [0, 0.1) is 5.82 Å². The van der Waals surface area contributed by atoms with Gasteiger partial charge in [-0.1, -0.05) is 0 Å².